The zero-order chi connectivity index (χ0) is 12.7. The number of nitrogens with one attached hydrogen (secondary N) is 1. The molecule has 0 radical (unpaired) electrons. The van der Waals surface area contributed by atoms with E-state index in [2.05, 4.69) is 9.97 Å². The van der Waals surface area contributed by atoms with Gasteiger partial charge in [-0.2, -0.15) is 0 Å². The second-order valence-electron chi connectivity index (χ2n) is 2.94. The topological polar surface area (TPSA) is 28.7 Å². The first-order valence-corrected chi connectivity index (χ1v) is 5.79. The molecule has 1 aromatic carbocycles. The molecule has 0 saturated heterocycles. The summed E-state index contributed by atoms with van der Waals surface area (Å²) in [7, 11) is 0. The number of benzene rings is 1. The molecule has 90 valence electrons. The van der Waals surface area contributed by atoms with Gasteiger partial charge < -0.3 is 4.98 Å². The van der Waals surface area contributed by atoms with Gasteiger partial charge in [0.1, 0.15) is 11.6 Å². The summed E-state index contributed by atoms with van der Waals surface area (Å²) in [5, 5.41) is 0. The van der Waals surface area contributed by atoms with Crippen LogP contribution in [0.2, 0.25) is 0 Å². The van der Waals surface area contributed by atoms with Crippen molar-refractivity contribution >= 4 is 11.0 Å². The smallest absolute Gasteiger partial charge is 0.128 e. The molecule has 3 heteroatoms. The third-order valence-corrected chi connectivity index (χ3v) is 1.88. The molecule has 1 N–H and O–H groups in total. The average Bonchev–Trinajstić information content (AvgIpc) is 2.64. The second kappa shape index (κ2) is 6.99. The molecule has 2 aromatic rings. The number of aryl methyl sites for hydroxylation is 2. The Morgan fingerprint density at radius 3 is 2.19 bits per heavy atom. The summed E-state index contributed by atoms with van der Waals surface area (Å²) in [4.78, 5) is 7.17. The lowest BCUT2D eigenvalue weighted by atomic mass is 10.2. The van der Waals surface area contributed by atoms with E-state index in [1.165, 1.54) is 6.07 Å². The molecule has 2 nitrogen and oxygen atoms in total. The molecule has 0 atom stereocenters. The van der Waals surface area contributed by atoms with Crippen molar-refractivity contribution in [2.75, 3.05) is 0 Å². The fraction of sp³-hybridized carbons (Fsp3) is 0.462. The van der Waals surface area contributed by atoms with Crippen LogP contribution in [0.3, 0.4) is 0 Å². The molecule has 0 spiro atoms. The van der Waals surface area contributed by atoms with Gasteiger partial charge in [0.25, 0.3) is 0 Å². The van der Waals surface area contributed by atoms with Crippen LogP contribution in [0.1, 0.15) is 39.1 Å². The van der Waals surface area contributed by atoms with Crippen molar-refractivity contribution in [3.63, 3.8) is 0 Å². The fourth-order valence-electron chi connectivity index (χ4n) is 1.27. The van der Waals surface area contributed by atoms with Crippen LogP contribution in [0.4, 0.5) is 4.39 Å². The Hall–Kier alpha value is -1.38. The molecule has 0 bridgehead atoms. The van der Waals surface area contributed by atoms with E-state index < -0.39 is 0 Å². The molecule has 0 amide bonds. The maximum Gasteiger partial charge on any atom is 0.128 e. The van der Waals surface area contributed by atoms with Gasteiger partial charge >= 0.3 is 0 Å². The Balaban J connectivity index is 0.000000509. The van der Waals surface area contributed by atoms with Crippen LogP contribution in [-0.4, -0.2) is 9.97 Å². The van der Waals surface area contributed by atoms with Gasteiger partial charge in [0.15, 0.2) is 0 Å². The highest BCUT2D eigenvalue weighted by Crippen LogP contribution is 2.16. The van der Waals surface area contributed by atoms with E-state index in [9.17, 15) is 4.39 Å². The number of imidazole rings is 1. The van der Waals surface area contributed by atoms with E-state index >= 15 is 0 Å². The van der Waals surface area contributed by atoms with Crippen molar-refractivity contribution in [1.29, 1.82) is 0 Å². The maximum atomic E-state index is 13.0. The van der Waals surface area contributed by atoms with Crippen LogP contribution in [0.5, 0.6) is 0 Å². The second-order valence-corrected chi connectivity index (χ2v) is 2.94. The van der Waals surface area contributed by atoms with Gasteiger partial charge in [-0.3, -0.25) is 0 Å². The number of fused-ring (bicyclic) bond motifs is 1. The molecule has 0 aliphatic rings. The highest BCUT2D eigenvalue weighted by molar-refractivity contribution is 5.75. The van der Waals surface area contributed by atoms with Crippen LogP contribution in [0.15, 0.2) is 12.1 Å². The number of hydrogen-bond acceptors (Lipinski definition) is 1. The Morgan fingerprint density at radius 2 is 1.62 bits per heavy atom. The summed E-state index contributed by atoms with van der Waals surface area (Å²) in [5.41, 5.74) is 2.23. The molecule has 0 aliphatic carbocycles. The first kappa shape index (κ1) is 14.6. The Morgan fingerprint density at radius 1 is 1.06 bits per heavy atom. The molecule has 0 aliphatic heterocycles. The molecule has 1 heterocycles. The minimum atomic E-state index is -0.200. The van der Waals surface area contributed by atoms with Gasteiger partial charge in [0, 0.05) is 6.07 Å². The number of hydrogen-bond donors (Lipinski definition) is 1. The van der Waals surface area contributed by atoms with E-state index in [0.29, 0.717) is 11.1 Å². The molecule has 0 saturated carbocycles. The van der Waals surface area contributed by atoms with E-state index in [1.54, 1.807) is 13.0 Å². The SMILES string of the molecule is CC.CC.Cc1nc2cc(F)c(C)cc2[nH]1. The molecule has 0 unspecified atom stereocenters. The monoisotopic (exact) mass is 224 g/mol. The molecule has 2 rings (SSSR count). The normalized spacial score (nSPS) is 8.94. The number of nitrogens with zero attached hydrogens (tertiary/aromatic N) is 1. The van der Waals surface area contributed by atoms with E-state index in [1.807, 2.05) is 34.6 Å². The number of aromatic nitrogens is 2. The molecule has 1 aromatic heterocycles. The van der Waals surface area contributed by atoms with Crippen molar-refractivity contribution in [3.8, 4) is 0 Å². The van der Waals surface area contributed by atoms with Crippen LogP contribution in [-0.2, 0) is 0 Å². The molecular formula is C13H21FN2. The average molecular weight is 224 g/mol. The highest BCUT2D eigenvalue weighted by atomic mass is 19.1. The summed E-state index contributed by atoms with van der Waals surface area (Å²) in [5.74, 6) is 0.615. The van der Waals surface area contributed by atoms with Crippen LogP contribution in [0, 0.1) is 19.7 Å². The minimum absolute atomic E-state index is 0.200. The van der Waals surface area contributed by atoms with E-state index in [4.69, 9.17) is 0 Å². The number of halogens is 1. The predicted molar refractivity (Wildman–Crippen MR) is 68.2 cm³/mol. The zero-order valence-corrected chi connectivity index (χ0v) is 11.0. The third kappa shape index (κ3) is 3.33. The largest absolute Gasteiger partial charge is 0.342 e. The van der Waals surface area contributed by atoms with E-state index in [0.717, 1.165) is 11.3 Å². The molecular weight excluding hydrogens is 203 g/mol. The summed E-state index contributed by atoms with van der Waals surface area (Å²) in [6.07, 6.45) is 0. The lowest BCUT2D eigenvalue weighted by Gasteiger charge is -1.93. The summed E-state index contributed by atoms with van der Waals surface area (Å²) < 4.78 is 13.0. The predicted octanol–water partition coefficient (Wildman–Crippen LogP) is 4.37. The summed E-state index contributed by atoms with van der Waals surface area (Å²) in [6.45, 7) is 11.6. The quantitative estimate of drug-likeness (QED) is 0.707. The van der Waals surface area contributed by atoms with Gasteiger partial charge in [-0.1, -0.05) is 27.7 Å². The minimum Gasteiger partial charge on any atom is -0.342 e. The van der Waals surface area contributed by atoms with Crippen molar-refractivity contribution in [2.24, 2.45) is 0 Å². The van der Waals surface area contributed by atoms with Crippen LogP contribution >= 0.6 is 0 Å². The van der Waals surface area contributed by atoms with Crippen molar-refractivity contribution in [1.82, 2.24) is 9.97 Å². The standard InChI is InChI=1S/C9H9FN2.2C2H6/c1-5-3-8-9(4-7(5)10)12-6(2)11-8;2*1-2/h3-4H,1-2H3,(H,11,12);2*1-2H3. The number of H-pyrrole nitrogens is 1. The first-order chi connectivity index (χ1) is 7.66. The molecule has 16 heavy (non-hydrogen) atoms. The lowest BCUT2D eigenvalue weighted by Crippen LogP contribution is -1.81. The number of rotatable bonds is 0. The van der Waals surface area contributed by atoms with Gasteiger partial charge in [-0.25, -0.2) is 9.37 Å². The highest BCUT2D eigenvalue weighted by Gasteiger charge is 2.03. The summed E-state index contributed by atoms with van der Waals surface area (Å²) >= 11 is 0. The zero-order valence-electron chi connectivity index (χ0n) is 11.0. The van der Waals surface area contributed by atoms with Crippen molar-refractivity contribution < 1.29 is 4.39 Å². The van der Waals surface area contributed by atoms with Crippen LogP contribution < -0.4 is 0 Å². The summed E-state index contributed by atoms with van der Waals surface area (Å²) in [6, 6.07) is 3.22. The fourth-order valence-corrected chi connectivity index (χ4v) is 1.27. The van der Waals surface area contributed by atoms with Gasteiger partial charge in [-0.05, 0) is 25.5 Å². The Bertz CT molecular complexity index is 394. The Kier molecular flexibility index (Phi) is 6.38. The maximum absolute atomic E-state index is 13.0. The Labute approximate surface area is 96.9 Å². The van der Waals surface area contributed by atoms with Gasteiger partial charge in [-0.15, -0.1) is 0 Å². The van der Waals surface area contributed by atoms with Crippen LogP contribution in [0.25, 0.3) is 11.0 Å². The van der Waals surface area contributed by atoms with Crippen molar-refractivity contribution in [3.05, 3.63) is 29.3 Å². The third-order valence-electron chi connectivity index (χ3n) is 1.88. The number of aromatic amines is 1. The van der Waals surface area contributed by atoms with E-state index in [-0.39, 0.29) is 5.82 Å². The van der Waals surface area contributed by atoms with Crippen molar-refractivity contribution in [2.45, 2.75) is 41.5 Å². The lowest BCUT2D eigenvalue weighted by molar-refractivity contribution is 0.620. The van der Waals surface area contributed by atoms with Gasteiger partial charge in [0.05, 0.1) is 11.0 Å². The van der Waals surface area contributed by atoms with Gasteiger partial charge in [0.2, 0.25) is 0 Å². The molecule has 0 fully saturated rings. The first-order valence-electron chi connectivity index (χ1n) is 5.79.